The van der Waals surface area contributed by atoms with Gasteiger partial charge < -0.3 is 24.2 Å². The predicted molar refractivity (Wildman–Crippen MR) is 190 cm³/mol. The average Bonchev–Trinajstić information content (AvgIpc) is 3.50. The Morgan fingerprint density at radius 3 is 1.06 bits per heavy atom. The van der Waals surface area contributed by atoms with Gasteiger partial charge in [0.25, 0.3) is 11.4 Å². The first kappa shape index (κ1) is 33.5. The van der Waals surface area contributed by atoms with Gasteiger partial charge in [-0.2, -0.15) is 19.9 Å². The second-order valence-electron chi connectivity index (χ2n) is 9.80. The van der Waals surface area contributed by atoms with E-state index < -0.39 is 0 Å². The van der Waals surface area contributed by atoms with Crippen LogP contribution >= 0.6 is 63.7 Å². The van der Waals surface area contributed by atoms with Crippen LogP contribution in [0.3, 0.4) is 0 Å². The van der Waals surface area contributed by atoms with Gasteiger partial charge in [-0.3, -0.25) is 4.63 Å². The van der Waals surface area contributed by atoms with Gasteiger partial charge in [0.05, 0.1) is 5.16 Å². The van der Waals surface area contributed by atoms with Crippen molar-refractivity contribution in [3.63, 3.8) is 0 Å². The Morgan fingerprint density at radius 1 is 0.440 bits per heavy atom. The van der Waals surface area contributed by atoms with E-state index in [1.165, 1.54) is 0 Å². The molecule has 0 amide bonds. The van der Waals surface area contributed by atoms with Crippen molar-refractivity contribution in [3.8, 4) is 70.1 Å². The Labute approximate surface area is 315 Å². The predicted octanol–water partition coefficient (Wildman–Crippen LogP) is 9.23. The largest absolute Gasteiger partial charge is 0.424 e. The summed E-state index contributed by atoms with van der Waals surface area (Å²) in [5.74, 6) is 1.27. The smallest absolute Gasteiger partial charge is 0.328 e. The Kier molecular flexibility index (Phi) is 9.92. The molecule has 4 aromatic carbocycles. The molecule has 0 aliphatic heterocycles. The van der Waals surface area contributed by atoms with Crippen molar-refractivity contribution < 1.29 is 28.5 Å². The van der Waals surface area contributed by atoms with E-state index in [-0.39, 0.29) is 52.0 Å². The molecule has 7 aromatic rings. The van der Waals surface area contributed by atoms with Crippen LogP contribution in [0.25, 0.3) is 23.0 Å². The minimum Gasteiger partial charge on any atom is -0.424 e. The quantitative estimate of drug-likeness (QED) is 0.119. The van der Waals surface area contributed by atoms with Crippen LogP contribution in [0.15, 0.2) is 120 Å². The summed E-state index contributed by atoms with van der Waals surface area (Å²) < 4.78 is 32.1. The molecule has 0 saturated carbocycles. The maximum absolute atomic E-state index is 13.2. The zero-order valence-corrected chi connectivity index (χ0v) is 31.1. The Hall–Kier alpha value is -5.04. The number of hydrogen-bond donors (Lipinski definition) is 0. The molecule has 0 bridgehead atoms. The molecular weight excluding hydrogens is 912 g/mol. The SMILES string of the molecule is [O-][n+]1onc(-c2nc(Oc3ccc(Br)cc3)nc(Oc3ccc(Br)cc3)n2)c1-c1nc(Oc2ccc(Br)cc2)nc(Oc2ccc(Br)cc2)n1. The van der Waals surface area contributed by atoms with Gasteiger partial charge in [0.2, 0.25) is 11.6 Å². The third-order valence-electron chi connectivity index (χ3n) is 6.32. The molecule has 0 N–H and O–H groups in total. The molecule has 0 aliphatic carbocycles. The molecule has 0 aliphatic rings. The monoisotopic (exact) mass is 924 g/mol. The minimum atomic E-state index is -0.288. The molecule has 248 valence electrons. The van der Waals surface area contributed by atoms with Gasteiger partial charge in [0.1, 0.15) is 23.0 Å². The van der Waals surface area contributed by atoms with E-state index in [0.717, 1.165) is 17.9 Å². The summed E-state index contributed by atoms with van der Waals surface area (Å²) in [4.78, 5) is 26.3. The molecule has 0 saturated heterocycles. The Bertz CT molecular complexity index is 2150. The summed E-state index contributed by atoms with van der Waals surface area (Å²) in [6, 6.07) is 27.2. The fourth-order valence-electron chi connectivity index (χ4n) is 4.09. The van der Waals surface area contributed by atoms with Gasteiger partial charge in [0.15, 0.2) is 0 Å². The zero-order chi connectivity index (χ0) is 34.6. The number of nitrogens with zero attached hydrogens (tertiary/aromatic N) is 8. The molecule has 14 nitrogen and oxygen atoms in total. The van der Waals surface area contributed by atoms with Crippen molar-refractivity contribution in [2.45, 2.75) is 0 Å². The lowest BCUT2D eigenvalue weighted by molar-refractivity contribution is -0.793. The number of aromatic nitrogens is 8. The first-order chi connectivity index (χ1) is 24.2. The molecule has 0 spiro atoms. The van der Waals surface area contributed by atoms with Crippen molar-refractivity contribution in [3.05, 3.63) is 120 Å². The van der Waals surface area contributed by atoms with Gasteiger partial charge >= 0.3 is 24.0 Å². The van der Waals surface area contributed by atoms with E-state index in [2.05, 4.69) is 98.8 Å². The van der Waals surface area contributed by atoms with E-state index in [9.17, 15) is 5.21 Å². The number of benzene rings is 4. The van der Waals surface area contributed by atoms with Crippen LogP contribution in [0.2, 0.25) is 0 Å². The molecule has 3 heterocycles. The molecule has 0 fully saturated rings. The van der Waals surface area contributed by atoms with Gasteiger partial charge in [-0.1, -0.05) is 63.7 Å². The van der Waals surface area contributed by atoms with Crippen LogP contribution in [0.4, 0.5) is 0 Å². The zero-order valence-electron chi connectivity index (χ0n) is 24.8. The number of rotatable bonds is 10. The fraction of sp³-hybridized carbons (Fsp3) is 0. The highest BCUT2D eigenvalue weighted by Crippen LogP contribution is 2.32. The van der Waals surface area contributed by atoms with Crippen LogP contribution < -0.4 is 23.9 Å². The van der Waals surface area contributed by atoms with Crippen LogP contribution in [0, 0.1) is 5.21 Å². The minimum absolute atomic E-state index is 0.103. The molecule has 3 aromatic heterocycles. The van der Waals surface area contributed by atoms with Crippen molar-refractivity contribution in [2.75, 3.05) is 0 Å². The van der Waals surface area contributed by atoms with Gasteiger partial charge in [-0.15, -0.1) is 9.97 Å². The van der Waals surface area contributed by atoms with Crippen molar-refractivity contribution in [1.29, 1.82) is 0 Å². The highest BCUT2D eigenvalue weighted by molar-refractivity contribution is 9.11. The third kappa shape index (κ3) is 8.21. The molecule has 7 rings (SSSR count). The highest BCUT2D eigenvalue weighted by Gasteiger charge is 2.31. The summed E-state index contributed by atoms with van der Waals surface area (Å²) in [7, 11) is 0. The second kappa shape index (κ2) is 14.8. The van der Waals surface area contributed by atoms with Crippen molar-refractivity contribution in [1.82, 2.24) is 35.1 Å². The van der Waals surface area contributed by atoms with E-state index in [1.54, 1.807) is 97.1 Å². The molecule has 0 atom stereocenters. The van der Waals surface area contributed by atoms with Gasteiger partial charge in [-0.05, 0) is 102 Å². The lowest BCUT2D eigenvalue weighted by atomic mass is 10.3. The van der Waals surface area contributed by atoms with Crippen LogP contribution in [-0.4, -0.2) is 35.1 Å². The number of hydrogen-bond acceptors (Lipinski definition) is 13. The Morgan fingerprint density at radius 2 is 0.740 bits per heavy atom. The average molecular weight is 928 g/mol. The summed E-state index contributed by atoms with van der Waals surface area (Å²) in [5, 5.41) is 17.1. The molecule has 18 heteroatoms. The molecular formula is C32H16Br4N8O6. The number of ether oxygens (including phenoxy) is 4. The maximum Gasteiger partial charge on any atom is 0.328 e. The van der Waals surface area contributed by atoms with E-state index in [1.807, 2.05) is 0 Å². The van der Waals surface area contributed by atoms with Crippen LogP contribution in [-0.2, 0) is 0 Å². The number of halogens is 4. The van der Waals surface area contributed by atoms with E-state index >= 15 is 0 Å². The molecule has 50 heavy (non-hydrogen) atoms. The summed E-state index contributed by atoms with van der Waals surface area (Å²) in [6.45, 7) is 0. The van der Waals surface area contributed by atoms with Crippen molar-refractivity contribution in [2.24, 2.45) is 0 Å². The first-order valence-corrected chi connectivity index (χ1v) is 17.3. The van der Waals surface area contributed by atoms with E-state index in [4.69, 9.17) is 23.6 Å². The van der Waals surface area contributed by atoms with Gasteiger partial charge in [-0.25, -0.2) is 0 Å². The molecule has 0 radical (unpaired) electrons. The topological polar surface area (TPSA) is 167 Å². The first-order valence-electron chi connectivity index (χ1n) is 14.1. The van der Waals surface area contributed by atoms with E-state index in [0.29, 0.717) is 23.0 Å². The summed E-state index contributed by atoms with van der Waals surface area (Å²) >= 11 is 13.6. The highest BCUT2D eigenvalue weighted by atomic mass is 79.9. The molecule has 0 unspecified atom stereocenters. The van der Waals surface area contributed by atoms with Crippen LogP contribution in [0.5, 0.6) is 47.0 Å². The maximum atomic E-state index is 13.2. The lowest BCUT2D eigenvalue weighted by Gasteiger charge is -2.09. The fourth-order valence-corrected chi connectivity index (χ4v) is 5.14. The standard InChI is InChI=1S/C32H16Br4N8O6/c33-17-1-9-21(10-2-17)46-29-37-27(38-30(41-29)47-22-11-3-18(34)4-12-22)25-26(44(45)50-43-25)28-39-31(48-23-13-5-19(35)6-14-23)42-32(40-28)49-24-15-7-20(36)8-16-24/h1-16H. The van der Waals surface area contributed by atoms with Crippen molar-refractivity contribution >= 4 is 63.7 Å². The Balaban J connectivity index is 1.32. The normalized spacial score (nSPS) is 10.9. The third-order valence-corrected chi connectivity index (χ3v) is 8.43. The summed E-state index contributed by atoms with van der Waals surface area (Å²) in [6.07, 6.45) is 0. The van der Waals surface area contributed by atoms with Gasteiger partial charge in [0, 0.05) is 17.9 Å². The summed E-state index contributed by atoms with van der Waals surface area (Å²) in [5.41, 5.74) is -0.455. The lowest BCUT2D eigenvalue weighted by Crippen LogP contribution is -2.26. The second-order valence-corrected chi connectivity index (χ2v) is 13.5. The van der Waals surface area contributed by atoms with Crippen LogP contribution in [0.1, 0.15) is 0 Å².